The molecule has 0 aromatic heterocycles. The molecule has 1 unspecified atom stereocenters. The number of benzene rings is 3. The van der Waals surface area contributed by atoms with Crippen molar-refractivity contribution in [3.63, 3.8) is 0 Å². The van der Waals surface area contributed by atoms with Crippen molar-refractivity contribution in [1.29, 1.82) is 0 Å². The van der Waals surface area contributed by atoms with Gasteiger partial charge in [0, 0.05) is 6.54 Å². The normalized spacial score (nSPS) is 14.4. The quantitative estimate of drug-likeness (QED) is 0.404. The summed E-state index contributed by atoms with van der Waals surface area (Å²) in [5.41, 5.74) is 2.32. The lowest BCUT2D eigenvalue weighted by molar-refractivity contribution is -0.129. The molecule has 2 heterocycles. The van der Waals surface area contributed by atoms with Gasteiger partial charge >= 0.3 is 5.97 Å². The minimum atomic E-state index is -1.04. The number of amides is 3. The van der Waals surface area contributed by atoms with Crippen LogP contribution in [0.15, 0.2) is 66.7 Å². The van der Waals surface area contributed by atoms with Crippen LogP contribution < -0.4 is 14.8 Å². The largest absolute Gasteiger partial charge is 0.454 e. The Morgan fingerprint density at radius 1 is 0.917 bits per heavy atom. The Hall–Kier alpha value is -4.66. The van der Waals surface area contributed by atoms with Crippen molar-refractivity contribution in [3.05, 3.63) is 94.5 Å². The highest BCUT2D eigenvalue weighted by molar-refractivity contribution is 6.21. The van der Waals surface area contributed by atoms with Crippen LogP contribution in [0.3, 0.4) is 0 Å². The van der Waals surface area contributed by atoms with Gasteiger partial charge in [0.1, 0.15) is 0 Å². The van der Waals surface area contributed by atoms with E-state index in [2.05, 4.69) is 5.32 Å². The molecule has 0 saturated carbocycles. The molecular formula is C27H22N2O7. The van der Waals surface area contributed by atoms with Gasteiger partial charge in [0.2, 0.25) is 6.79 Å². The maximum Gasteiger partial charge on any atom is 0.338 e. The predicted octanol–water partition coefficient (Wildman–Crippen LogP) is 3.07. The second-order valence-corrected chi connectivity index (χ2v) is 8.40. The van der Waals surface area contributed by atoms with Crippen molar-refractivity contribution >= 4 is 23.7 Å². The molecule has 3 aromatic rings. The number of esters is 1. The molecule has 0 radical (unpaired) electrons. The van der Waals surface area contributed by atoms with Crippen LogP contribution in [0.25, 0.3) is 0 Å². The van der Waals surface area contributed by atoms with Crippen molar-refractivity contribution in [3.8, 4) is 11.5 Å². The average Bonchev–Trinajstić information content (AvgIpc) is 3.46. The third-order valence-corrected chi connectivity index (χ3v) is 5.94. The first-order valence-electron chi connectivity index (χ1n) is 11.3. The fourth-order valence-corrected chi connectivity index (χ4v) is 4.03. The molecule has 5 rings (SSSR count). The molecule has 0 spiro atoms. The van der Waals surface area contributed by atoms with Gasteiger partial charge in [-0.1, -0.05) is 30.3 Å². The lowest BCUT2D eigenvalue weighted by Gasteiger charge is -2.16. The molecule has 2 aliphatic heterocycles. The second kappa shape index (κ2) is 9.53. The number of hydrogen-bond donors (Lipinski definition) is 1. The maximum atomic E-state index is 12.7. The van der Waals surface area contributed by atoms with Gasteiger partial charge in [-0.15, -0.1) is 0 Å². The van der Waals surface area contributed by atoms with Gasteiger partial charge in [-0.3, -0.25) is 19.3 Å². The van der Waals surface area contributed by atoms with E-state index < -0.39 is 18.0 Å². The lowest BCUT2D eigenvalue weighted by atomic mass is 10.1. The molecule has 3 aromatic carbocycles. The van der Waals surface area contributed by atoms with Crippen LogP contribution in [0.4, 0.5) is 0 Å². The molecule has 9 heteroatoms. The summed E-state index contributed by atoms with van der Waals surface area (Å²) in [5, 5.41) is 2.73. The lowest BCUT2D eigenvalue weighted by Crippen LogP contribution is -2.35. The van der Waals surface area contributed by atoms with Crippen LogP contribution in [0.2, 0.25) is 0 Å². The van der Waals surface area contributed by atoms with Crippen LogP contribution in [-0.4, -0.2) is 41.5 Å². The van der Waals surface area contributed by atoms with Crippen molar-refractivity contribution < 1.29 is 33.4 Å². The Labute approximate surface area is 206 Å². The molecule has 3 amide bonds. The SMILES string of the molecule is CC(OC(=O)c1cccc(CN2C(=O)c3ccccc3C2=O)c1)C(=O)NCc1ccc2c(c1)OCO2. The van der Waals surface area contributed by atoms with Gasteiger partial charge in [0.15, 0.2) is 17.6 Å². The van der Waals surface area contributed by atoms with E-state index in [1.54, 1.807) is 60.7 Å². The molecule has 1 N–H and O–H groups in total. The minimum absolute atomic E-state index is 0.0129. The molecule has 2 aliphatic rings. The van der Waals surface area contributed by atoms with Crippen LogP contribution in [-0.2, 0) is 22.6 Å². The number of carbonyl (C=O) groups is 4. The third-order valence-electron chi connectivity index (χ3n) is 5.94. The number of nitrogens with one attached hydrogen (secondary N) is 1. The van der Waals surface area contributed by atoms with E-state index in [4.69, 9.17) is 14.2 Å². The van der Waals surface area contributed by atoms with E-state index in [9.17, 15) is 19.2 Å². The van der Waals surface area contributed by atoms with E-state index in [0.29, 0.717) is 28.2 Å². The monoisotopic (exact) mass is 486 g/mol. The molecule has 36 heavy (non-hydrogen) atoms. The highest BCUT2D eigenvalue weighted by atomic mass is 16.7. The van der Waals surface area contributed by atoms with Crippen LogP contribution in [0.5, 0.6) is 11.5 Å². The Morgan fingerprint density at radius 2 is 1.64 bits per heavy atom. The molecule has 9 nitrogen and oxygen atoms in total. The van der Waals surface area contributed by atoms with Crippen molar-refractivity contribution in [2.45, 2.75) is 26.1 Å². The molecule has 0 fully saturated rings. The van der Waals surface area contributed by atoms with Crippen molar-refractivity contribution in [2.24, 2.45) is 0 Å². The number of imide groups is 1. The fraction of sp³-hybridized carbons (Fsp3) is 0.185. The summed E-state index contributed by atoms with van der Waals surface area (Å²) in [7, 11) is 0. The van der Waals surface area contributed by atoms with Crippen molar-refractivity contribution in [2.75, 3.05) is 6.79 Å². The first-order chi connectivity index (χ1) is 17.4. The van der Waals surface area contributed by atoms with Crippen LogP contribution in [0.1, 0.15) is 49.1 Å². The second-order valence-electron chi connectivity index (χ2n) is 8.40. The standard InChI is InChI=1S/C27H22N2O7/c1-16(24(30)28-13-17-9-10-22-23(12-17)35-15-34-22)36-27(33)19-6-4-5-18(11-19)14-29-25(31)20-7-2-3-8-21(20)26(29)32/h2-12,16H,13-15H2,1H3,(H,28,30). The molecule has 1 atom stereocenters. The summed E-state index contributed by atoms with van der Waals surface area (Å²) < 4.78 is 15.9. The smallest absolute Gasteiger partial charge is 0.338 e. The molecule has 0 saturated heterocycles. The predicted molar refractivity (Wildman–Crippen MR) is 126 cm³/mol. The summed E-state index contributed by atoms with van der Waals surface area (Å²) in [5.74, 6) is -0.638. The van der Waals surface area contributed by atoms with E-state index in [-0.39, 0.29) is 37.3 Å². The summed E-state index contributed by atoms with van der Waals surface area (Å²) in [4.78, 5) is 51.5. The summed E-state index contributed by atoms with van der Waals surface area (Å²) in [6.45, 7) is 1.89. The minimum Gasteiger partial charge on any atom is -0.454 e. The molecule has 0 aliphatic carbocycles. The summed E-state index contributed by atoms with van der Waals surface area (Å²) in [6, 6.07) is 18.4. The van der Waals surface area contributed by atoms with E-state index in [0.717, 1.165) is 10.5 Å². The van der Waals surface area contributed by atoms with Gasteiger partial charge in [-0.25, -0.2) is 4.79 Å². The van der Waals surface area contributed by atoms with Gasteiger partial charge in [0.05, 0.1) is 23.2 Å². The first-order valence-corrected chi connectivity index (χ1v) is 11.3. The summed E-state index contributed by atoms with van der Waals surface area (Å²) >= 11 is 0. The zero-order valence-corrected chi connectivity index (χ0v) is 19.4. The Morgan fingerprint density at radius 3 is 2.39 bits per heavy atom. The van der Waals surface area contributed by atoms with E-state index in [1.807, 2.05) is 6.07 Å². The fourth-order valence-electron chi connectivity index (χ4n) is 4.03. The molecule has 0 bridgehead atoms. The van der Waals surface area contributed by atoms with Gasteiger partial charge in [0.25, 0.3) is 17.7 Å². The van der Waals surface area contributed by atoms with Crippen LogP contribution in [0, 0.1) is 0 Å². The maximum absolute atomic E-state index is 12.7. The third kappa shape index (κ3) is 4.50. The highest BCUT2D eigenvalue weighted by Gasteiger charge is 2.35. The Kier molecular flexibility index (Phi) is 6.12. The molecule has 182 valence electrons. The number of rotatable bonds is 7. The number of ether oxygens (including phenoxy) is 3. The van der Waals surface area contributed by atoms with E-state index in [1.165, 1.54) is 6.92 Å². The van der Waals surface area contributed by atoms with Gasteiger partial charge < -0.3 is 19.5 Å². The number of fused-ring (bicyclic) bond motifs is 2. The number of carbonyl (C=O) groups excluding carboxylic acids is 4. The van der Waals surface area contributed by atoms with Crippen LogP contribution >= 0.6 is 0 Å². The summed E-state index contributed by atoms with van der Waals surface area (Å²) in [6.07, 6.45) is -1.04. The molecular weight excluding hydrogens is 464 g/mol. The van der Waals surface area contributed by atoms with Gasteiger partial charge in [-0.05, 0) is 54.4 Å². The zero-order chi connectivity index (χ0) is 25.2. The Bertz CT molecular complexity index is 1350. The topological polar surface area (TPSA) is 111 Å². The average molecular weight is 486 g/mol. The van der Waals surface area contributed by atoms with Gasteiger partial charge in [-0.2, -0.15) is 0 Å². The number of nitrogens with zero attached hydrogens (tertiary/aromatic N) is 1. The van der Waals surface area contributed by atoms with E-state index >= 15 is 0 Å². The Balaban J connectivity index is 1.18. The zero-order valence-electron chi connectivity index (χ0n) is 19.4. The first kappa shape index (κ1) is 23.1. The van der Waals surface area contributed by atoms with Crippen molar-refractivity contribution in [1.82, 2.24) is 10.2 Å². The highest BCUT2D eigenvalue weighted by Crippen LogP contribution is 2.32. The number of hydrogen-bond acceptors (Lipinski definition) is 7.